The zero-order valence-electron chi connectivity index (χ0n) is 21.7. The van der Waals surface area contributed by atoms with Crippen LogP contribution < -0.4 is 4.74 Å². The van der Waals surface area contributed by atoms with Gasteiger partial charge in [-0.25, -0.2) is 4.79 Å². The van der Waals surface area contributed by atoms with E-state index in [9.17, 15) is 4.79 Å². The highest BCUT2D eigenvalue weighted by Crippen LogP contribution is 2.17. The van der Waals surface area contributed by atoms with Gasteiger partial charge in [-0.3, -0.25) is 0 Å². The molecular formula is C28H49NO4. The van der Waals surface area contributed by atoms with E-state index in [4.69, 9.17) is 14.6 Å². The largest absolute Gasteiger partial charge is 0.494 e. The Balaban J connectivity index is 2.24. The van der Waals surface area contributed by atoms with Gasteiger partial charge in [0.2, 0.25) is 0 Å². The number of carbonyl (C=O) groups is 1. The maximum Gasteiger partial charge on any atom is 0.410 e. The second-order valence-electron chi connectivity index (χ2n) is 10.0. The fourth-order valence-electron chi connectivity index (χ4n) is 3.64. The van der Waals surface area contributed by atoms with Crippen LogP contribution in [0.15, 0.2) is 24.3 Å². The van der Waals surface area contributed by atoms with Crippen molar-refractivity contribution in [3.8, 4) is 5.75 Å². The Labute approximate surface area is 202 Å². The van der Waals surface area contributed by atoms with Gasteiger partial charge in [0.05, 0.1) is 6.61 Å². The molecule has 0 saturated heterocycles. The Bertz CT molecular complexity index is 609. The van der Waals surface area contributed by atoms with Crippen LogP contribution in [0, 0.1) is 0 Å². The molecule has 5 nitrogen and oxygen atoms in total. The molecule has 0 fully saturated rings. The predicted molar refractivity (Wildman–Crippen MR) is 137 cm³/mol. The molecule has 0 aromatic heterocycles. The maximum absolute atomic E-state index is 12.5. The van der Waals surface area contributed by atoms with Gasteiger partial charge in [-0.2, -0.15) is 0 Å². The van der Waals surface area contributed by atoms with Gasteiger partial charge in [0.15, 0.2) is 0 Å². The normalized spacial score (nSPS) is 11.4. The first-order chi connectivity index (χ1) is 15.9. The van der Waals surface area contributed by atoms with Gasteiger partial charge in [0.25, 0.3) is 0 Å². The molecule has 0 aliphatic carbocycles. The van der Waals surface area contributed by atoms with Crippen molar-refractivity contribution in [1.29, 1.82) is 0 Å². The van der Waals surface area contributed by atoms with E-state index in [-0.39, 0.29) is 6.09 Å². The van der Waals surface area contributed by atoms with Gasteiger partial charge < -0.3 is 19.5 Å². The van der Waals surface area contributed by atoms with Crippen molar-refractivity contribution in [2.24, 2.45) is 0 Å². The minimum Gasteiger partial charge on any atom is -0.494 e. The number of rotatable bonds is 18. The molecule has 33 heavy (non-hydrogen) atoms. The van der Waals surface area contributed by atoms with E-state index in [0.29, 0.717) is 19.7 Å². The van der Waals surface area contributed by atoms with Crippen LogP contribution in [-0.2, 0) is 11.3 Å². The molecule has 0 unspecified atom stereocenters. The third-order valence-electron chi connectivity index (χ3n) is 5.55. The highest BCUT2D eigenvalue weighted by atomic mass is 16.6. The molecule has 190 valence electrons. The lowest BCUT2D eigenvalue weighted by Gasteiger charge is -2.27. The molecule has 0 spiro atoms. The zero-order valence-corrected chi connectivity index (χ0v) is 21.7. The molecule has 0 aliphatic heterocycles. The fourth-order valence-corrected chi connectivity index (χ4v) is 3.64. The average Bonchev–Trinajstić information content (AvgIpc) is 2.77. The maximum atomic E-state index is 12.5. The first-order valence-corrected chi connectivity index (χ1v) is 13.2. The lowest BCUT2D eigenvalue weighted by atomic mass is 10.1. The third kappa shape index (κ3) is 15.7. The number of carbonyl (C=O) groups excluding carboxylic acids is 1. The second kappa shape index (κ2) is 17.7. The lowest BCUT2D eigenvalue weighted by Crippen LogP contribution is -2.37. The molecule has 1 rings (SSSR count). The van der Waals surface area contributed by atoms with E-state index in [1.54, 1.807) is 4.90 Å². The van der Waals surface area contributed by atoms with Gasteiger partial charge in [0.1, 0.15) is 11.4 Å². The first-order valence-electron chi connectivity index (χ1n) is 13.2. The van der Waals surface area contributed by atoms with Crippen molar-refractivity contribution < 1.29 is 19.4 Å². The molecular weight excluding hydrogens is 414 g/mol. The molecule has 0 radical (unpaired) electrons. The number of nitrogens with zero attached hydrogens (tertiary/aromatic N) is 1. The molecule has 1 amide bonds. The number of aliphatic hydroxyl groups is 1. The van der Waals surface area contributed by atoms with Crippen molar-refractivity contribution in [1.82, 2.24) is 4.90 Å². The summed E-state index contributed by atoms with van der Waals surface area (Å²) in [6.45, 7) is 10.2. The van der Waals surface area contributed by atoms with Crippen molar-refractivity contribution in [2.75, 3.05) is 19.8 Å². The fraction of sp³-hybridized carbons (Fsp3) is 0.750. The van der Waals surface area contributed by atoms with Crippen molar-refractivity contribution in [2.45, 2.75) is 117 Å². The highest BCUT2D eigenvalue weighted by Gasteiger charge is 2.22. The van der Waals surface area contributed by atoms with Crippen LogP contribution in [0.3, 0.4) is 0 Å². The predicted octanol–water partition coefficient (Wildman–Crippen LogP) is 7.50. The van der Waals surface area contributed by atoms with E-state index in [1.165, 1.54) is 44.9 Å². The van der Waals surface area contributed by atoms with E-state index >= 15 is 0 Å². The van der Waals surface area contributed by atoms with E-state index < -0.39 is 5.60 Å². The lowest BCUT2D eigenvalue weighted by molar-refractivity contribution is 0.0231. The Hall–Kier alpha value is -1.75. The first kappa shape index (κ1) is 29.3. The molecule has 1 aromatic carbocycles. The highest BCUT2D eigenvalue weighted by molar-refractivity contribution is 5.68. The van der Waals surface area contributed by atoms with Crippen LogP contribution >= 0.6 is 0 Å². The SMILES string of the molecule is CCCCN(Cc1ccc(OCCCCCCCCCCCCO)cc1)C(=O)OC(C)(C)C. The number of amides is 1. The minimum absolute atomic E-state index is 0.252. The summed E-state index contributed by atoms with van der Waals surface area (Å²) in [5.74, 6) is 0.888. The summed E-state index contributed by atoms with van der Waals surface area (Å²) in [5, 5.41) is 8.77. The van der Waals surface area contributed by atoms with Crippen LogP contribution in [0.2, 0.25) is 0 Å². The standard InChI is InChI=1S/C28H49NO4/c1-5-6-21-29(27(31)33-28(2,3)4)24-25-17-19-26(20-18-25)32-23-16-14-12-10-8-7-9-11-13-15-22-30/h17-20,30H,5-16,21-24H2,1-4H3. The van der Waals surface area contributed by atoms with Gasteiger partial charge in [-0.05, 0) is 57.7 Å². The number of hydrogen-bond donors (Lipinski definition) is 1. The number of benzene rings is 1. The Morgan fingerprint density at radius 1 is 0.848 bits per heavy atom. The van der Waals surface area contributed by atoms with Gasteiger partial charge >= 0.3 is 6.09 Å². The number of ether oxygens (including phenoxy) is 2. The topological polar surface area (TPSA) is 59.0 Å². The van der Waals surface area contributed by atoms with E-state index in [2.05, 4.69) is 6.92 Å². The summed E-state index contributed by atoms with van der Waals surface area (Å²) in [5.41, 5.74) is 0.598. The molecule has 0 heterocycles. The number of hydrogen-bond acceptors (Lipinski definition) is 4. The minimum atomic E-state index is -0.486. The van der Waals surface area contributed by atoms with Crippen molar-refractivity contribution >= 4 is 6.09 Å². The summed E-state index contributed by atoms with van der Waals surface area (Å²) in [7, 11) is 0. The smallest absolute Gasteiger partial charge is 0.410 e. The summed E-state index contributed by atoms with van der Waals surface area (Å²) < 4.78 is 11.5. The molecule has 5 heteroatoms. The van der Waals surface area contributed by atoms with Crippen LogP contribution in [0.1, 0.15) is 110 Å². The van der Waals surface area contributed by atoms with Crippen molar-refractivity contribution in [3.05, 3.63) is 29.8 Å². The number of aliphatic hydroxyl groups excluding tert-OH is 1. The zero-order chi connectivity index (χ0) is 24.4. The summed E-state index contributed by atoms with van der Waals surface area (Å²) in [6.07, 6.45) is 13.9. The molecule has 1 aromatic rings. The number of unbranched alkanes of at least 4 members (excludes halogenated alkanes) is 10. The van der Waals surface area contributed by atoms with Crippen LogP contribution in [0.4, 0.5) is 4.79 Å². The molecule has 0 bridgehead atoms. The third-order valence-corrected chi connectivity index (χ3v) is 5.55. The Kier molecular flexibility index (Phi) is 15.7. The van der Waals surface area contributed by atoms with Crippen molar-refractivity contribution in [3.63, 3.8) is 0 Å². The molecule has 0 saturated carbocycles. The van der Waals surface area contributed by atoms with Crippen LogP contribution in [0.5, 0.6) is 5.75 Å². The van der Waals surface area contributed by atoms with Gasteiger partial charge in [-0.15, -0.1) is 0 Å². The molecule has 1 N–H and O–H groups in total. The monoisotopic (exact) mass is 463 g/mol. The summed E-state index contributed by atoms with van der Waals surface area (Å²) in [4.78, 5) is 14.3. The second-order valence-corrected chi connectivity index (χ2v) is 10.0. The van der Waals surface area contributed by atoms with Gasteiger partial charge in [-0.1, -0.05) is 76.8 Å². The summed E-state index contributed by atoms with van der Waals surface area (Å²) >= 11 is 0. The average molecular weight is 464 g/mol. The van der Waals surface area contributed by atoms with E-state index in [0.717, 1.165) is 50.0 Å². The molecule has 0 atom stereocenters. The van der Waals surface area contributed by atoms with Gasteiger partial charge in [0, 0.05) is 19.7 Å². The van der Waals surface area contributed by atoms with E-state index in [1.807, 2.05) is 45.0 Å². The summed E-state index contributed by atoms with van der Waals surface area (Å²) in [6, 6.07) is 8.08. The van der Waals surface area contributed by atoms with Crippen LogP contribution in [-0.4, -0.2) is 41.5 Å². The Morgan fingerprint density at radius 2 is 1.39 bits per heavy atom. The quantitative estimate of drug-likeness (QED) is 0.229. The van der Waals surface area contributed by atoms with Crippen LogP contribution in [0.25, 0.3) is 0 Å². The Morgan fingerprint density at radius 3 is 1.91 bits per heavy atom. The molecule has 0 aliphatic rings.